The Bertz CT molecular complexity index is 313. The Hall–Kier alpha value is -0.570. The highest BCUT2D eigenvalue weighted by molar-refractivity contribution is 6.31. The van der Waals surface area contributed by atoms with Crippen molar-refractivity contribution in [3.63, 3.8) is 0 Å². The summed E-state index contributed by atoms with van der Waals surface area (Å²) in [6.07, 6.45) is 1.17. The molecule has 0 fully saturated rings. The first-order chi connectivity index (χ1) is 7.74. The summed E-state index contributed by atoms with van der Waals surface area (Å²) in [5.41, 5.74) is 2.44. The van der Waals surface area contributed by atoms with Gasteiger partial charge in [0.2, 0.25) is 0 Å². The van der Waals surface area contributed by atoms with E-state index in [1.165, 1.54) is 12.0 Å². The molecule has 0 aliphatic rings. The molecule has 1 aromatic carbocycles. The summed E-state index contributed by atoms with van der Waals surface area (Å²) in [6.45, 7) is 8.28. The lowest BCUT2D eigenvalue weighted by Gasteiger charge is -2.06. The molecule has 0 aliphatic carbocycles. The molecule has 0 radical (unpaired) electrons. The smallest absolute Gasteiger partial charge is 0.0435 e. The Morgan fingerprint density at radius 3 is 2.62 bits per heavy atom. The topological polar surface area (TPSA) is 24.1 Å². The van der Waals surface area contributed by atoms with E-state index in [0.717, 1.165) is 36.8 Å². The number of aryl methyl sites for hydroxylation is 1. The molecule has 0 aliphatic heterocycles. The van der Waals surface area contributed by atoms with Gasteiger partial charge in [0, 0.05) is 11.6 Å². The van der Waals surface area contributed by atoms with Crippen molar-refractivity contribution < 1.29 is 0 Å². The molecule has 0 unspecified atom stereocenters. The van der Waals surface area contributed by atoms with Crippen molar-refractivity contribution in [1.29, 1.82) is 0 Å². The van der Waals surface area contributed by atoms with E-state index in [9.17, 15) is 0 Å². The first-order valence-corrected chi connectivity index (χ1v) is 6.28. The Morgan fingerprint density at radius 1 is 1.19 bits per heavy atom. The van der Waals surface area contributed by atoms with Crippen molar-refractivity contribution >= 4 is 11.6 Å². The Morgan fingerprint density at radius 2 is 1.94 bits per heavy atom. The van der Waals surface area contributed by atoms with Crippen molar-refractivity contribution in [2.75, 3.05) is 19.6 Å². The molecule has 3 heteroatoms. The van der Waals surface area contributed by atoms with Crippen molar-refractivity contribution in [3.05, 3.63) is 34.3 Å². The van der Waals surface area contributed by atoms with Gasteiger partial charge in [0.1, 0.15) is 0 Å². The summed E-state index contributed by atoms with van der Waals surface area (Å²) in [7, 11) is 0. The number of nitrogens with one attached hydrogen (secondary N) is 2. The number of halogens is 1. The van der Waals surface area contributed by atoms with Gasteiger partial charge in [-0.25, -0.2) is 0 Å². The summed E-state index contributed by atoms with van der Waals surface area (Å²) < 4.78 is 0. The predicted molar refractivity (Wildman–Crippen MR) is 71.1 cm³/mol. The normalized spacial score (nSPS) is 10.7. The highest BCUT2D eigenvalue weighted by Gasteiger charge is 1.97. The lowest BCUT2D eigenvalue weighted by atomic mass is 10.1. The first-order valence-electron chi connectivity index (χ1n) is 5.90. The van der Waals surface area contributed by atoms with Gasteiger partial charge in [-0.3, -0.25) is 0 Å². The molecule has 0 saturated carbocycles. The van der Waals surface area contributed by atoms with E-state index in [0.29, 0.717) is 0 Å². The van der Waals surface area contributed by atoms with Crippen LogP contribution in [-0.2, 0) is 6.54 Å². The van der Waals surface area contributed by atoms with Gasteiger partial charge in [-0.1, -0.05) is 30.7 Å². The summed E-state index contributed by atoms with van der Waals surface area (Å²) in [5, 5.41) is 7.57. The van der Waals surface area contributed by atoms with Crippen LogP contribution in [0.25, 0.3) is 0 Å². The Labute approximate surface area is 103 Å². The molecule has 0 amide bonds. The van der Waals surface area contributed by atoms with Crippen LogP contribution in [0.2, 0.25) is 5.02 Å². The third kappa shape index (κ3) is 4.97. The van der Waals surface area contributed by atoms with E-state index in [-0.39, 0.29) is 0 Å². The molecule has 16 heavy (non-hydrogen) atoms. The van der Waals surface area contributed by atoms with Gasteiger partial charge in [-0.15, -0.1) is 0 Å². The molecular formula is C13H21ClN2. The van der Waals surface area contributed by atoms with Gasteiger partial charge < -0.3 is 10.6 Å². The SMILES string of the molecule is CCNCCCNCc1ccc(Cl)c(C)c1. The summed E-state index contributed by atoms with van der Waals surface area (Å²) in [4.78, 5) is 0. The average molecular weight is 241 g/mol. The van der Waals surface area contributed by atoms with Gasteiger partial charge in [0.05, 0.1) is 0 Å². The average Bonchev–Trinajstić information content (AvgIpc) is 2.28. The molecular weight excluding hydrogens is 220 g/mol. The van der Waals surface area contributed by atoms with Gasteiger partial charge in [-0.2, -0.15) is 0 Å². The van der Waals surface area contributed by atoms with Gasteiger partial charge >= 0.3 is 0 Å². The molecule has 1 rings (SSSR count). The zero-order chi connectivity index (χ0) is 11.8. The lowest BCUT2D eigenvalue weighted by molar-refractivity contribution is 0.606. The van der Waals surface area contributed by atoms with Crippen LogP contribution >= 0.6 is 11.6 Å². The van der Waals surface area contributed by atoms with Crippen molar-refractivity contribution in [2.24, 2.45) is 0 Å². The molecule has 0 spiro atoms. The van der Waals surface area contributed by atoms with Crippen molar-refractivity contribution in [2.45, 2.75) is 26.8 Å². The molecule has 0 bridgehead atoms. The monoisotopic (exact) mass is 240 g/mol. The van der Waals surface area contributed by atoms with E-state index < -0.39 is 0 Å². The minimum absolute atomic E-state index is 0.843. The molecule has 0 heterocycles. The van der Waals surface area contributed by atoms with E-state index >= 15 is 0 Å². The highest BCUT2D eigenvalue weighted by atomic mass is 35.5. The molecule has 1 aromatic rings. The maximum Gasteiger partial charge on any atom is 0.0435 e. The summed E-state index contributed by atoms with van der Waals surface area (Å²) >= 11 is 5.97. The minimum atomic E-state index is 0.843. The summed E-state index contributed by atoms with van der Waals surface area (Å²) in [6, 6.07) is 6.18. The zero-order valence-electron chi connectivity index (χ0n) is 10.1. The maximum absolute atomic E-state index is 5.97. The van der Waals surface area contributed by atoms with E-state index in [4.69, 9.17) is 11.6 Å². The second kappa shape index (κ2) is 7.66. The maximum atomic E-state index is 5.97. The Balaban J connectivity index is 2.19. The number of rotatable bonds is 7. The number of hydrogen-bond donors (Lipinski definition) is 2. The molecule has 90 valence electrons. The zero-order valence-corrected chi connectivity index (χ0v) is 10.9. The fourth-order valence-corrected chi connectivity index (χ4v) is 1.68. The summed E-state index contributed by atoms with van der Waals surface area (Å²) in [5.74, 6) is 0. The molecule has 0 aromatic heterocycles. The number of benzene rings is 1. The lowest BCUT2D eigenvalue weighted by Crippen LogP contribution is -2.21. The molecule has 2 nitrogen and oxygen atoms in total. The second-order valence-electron chi connectivity index (χ2n) is 3.97. The van der Waals surface area contributed by atoms with Gasteiger partial charge in [0.25, 0.3) is 0 Å². The van der Waals surface area contributed by atoms with Crippen LogP contribution in [0.5, 0.6) is 0 Å². The number of hydrogen-bond acceptors (Lipinski definition) is 2. The fraction of sp³-hybridized carbons (Fsp3) is 0.538. The minimum Gasteiger partial charge on any atom is -0.317 e. The highest BCUT2D eigenvalue weighted by Crippen LogP contribution is 2.15. The standard InChI is InChI=1S/C13H21ClN2/c1-3-15-7-4-8-16-10-12-5-6-13(14)11(2)9-12/h5-6,9,15-16H,3-4,7-8,10H2,1-2H3. The van der Waals surface area contributed by atoms with Gasteiger partial charge in [0.15, 0.2) is 0 Å². The quantitative estimate of drug-likeness (QED) is 0.717. The van der Waals surface area contributed by atoms with Crippen LogP contribution in [0.1, 0.15) is 24.5 Å². The second-order valence-corrected chi connectivity index (χ2v) is 4.37. The largest absolute Gasteiger partial charge is 0.317 e. The third-order valence-electron chi connectivity index (χ3n) is 2.51. The Kier molecular flexibility index (Phi) is 6.46. The van der Waals surface area contributed by atoms with Crippen LogP contribution in [0.4, 0.5) is 0 Å². The molecule has 0 atom stereocenters. The predicted octanol–water partition coefficient (Wildman–Crippen LogP) is 2.74. The van der Waals surface area contributed by atoms with E-state index in [1.807, 2.05) is 13.0 Å². The first kappa shape index (κ1) is 13.5. The fourth-order valence-electron chi connectivity index (χ4n) is 1.56. The van der Waals surface area contributed by atoms with Crippen LogP contribution < -0.4 is 10.6 Å². The van der Waals surface area contributed by atoms with Crippen LogP contribution in [-0.4, -0.2) is 19.6 Å². The van der Waals surface area contributed by atoms with E-state index in [2.05, 4.69) is 29.7 Å². The third-order valence-corrected chi connectivity index (χ3v) is 2.93. The van der Waals surface area contributed by atoms with Crippen molar-refractivity contribution in [1.82, 2.24) is 10.6 Å². The molecule has 0 saturated heterocycles. The van der Waals surface area contributed by atoms with Crippen LogP contribution in [0.3, 0.4) is 0 Å². The van der Waals surface area contributed by atoms with Crippen molar-refractivity contribution in [3.8, 4) is 0 Å². The molecule has 2 N–H and O–H groups in total. The van der Waals surface area contributed by atoms with E-state index in [1.54, 1.807) is 0 Å². The van der Waals surface area contributed by atoms with Crippen LogP contribution in [0.15, 0.2) is 18.2 Å². The van der Waals surface area contributed by atoms with Crippen LogP contribution in [0, 0.1) is 6.92 Å². The van der Waals surface area contributed by atoms with Gasteiger partial charge in [-0.05, 0) is 50.2 Å².